The Bertz CT molecular complexity index is 980. The quantitative estimate of drug-likeness (QED) is 0.292. The summed E-state index contributed by atoms with van der Waals surface area (Å²) < 4.78 is 0. The molecule has 2 nitrogen and oxygen atoms in total. The number of hydrogen-bond acceptors (Lipinski definition) is 2. The molecule has 0 saturated carbocycles. The van der Waals surface area contributed by atoms with Crippen molar-refractivity contribution < 1.29 is 0 Å². The van der Waals surface area contributed by atoms with E-state index in [2.05, 4.69) is 127 Å². The average molecular weight is 427 g/mol. The zero-order chi connectivity index (χ0) is 21.2. The van der Waals surface area contributed by atoms with E-state index in [0.717, 1.165) is 5.56 Å². The van der Waals surface area contributed by atoms with E-state index in [1.807, 2.05) is 0 Å². The molecule has 0 aliphatic carbocycles. The van der Waals surface area contributed by atoms with Crippen molar-refractivity contribution in [2.24, 2.45) is 5.73 Å². The van der Waals surface area contributed by atoms with Crippen molar-refractivity contribution in [2.75, 3.05) is 0 Å². The van der Waals surface area contributed by atoms with E-state index in [1.54, 1.807) is 0 Å². The van der Waals surface area contributed by atoms with E-state index in [1.165, 1.54) is 26.4 Å². The normalized spacial score (nSPS) is 10.4. The average Bonchev–Trinajstić information content (AvgIpc) is 2.83. The Morgan fingerprint density at radius 2 is 0.900 bits per heavy atom. The second-order valence-electron chi connectivity index (χ2n) is 6.64. The molecule has 0 amide bonds. The lowest BCUT2D eigenvalue weighted by Gasteiger charge is -2.27. The molecule has 30 heavy (non-hydrogen) atoms. The first-order chi connectivity index (χ1) is 14.8. The molecule has 0 heterocycles. The highest BCUT2D eigenvalue weighted by atomic mass is 32.1. The van der Waals surface area contributed by atoms with E-state index >= 15 is 0 Å². The van der Waals surface area contributed by atoms with Crippen LogP contribution in [-0.4, -0.2) is 5.16 Å². The van der Waals surface area contributed by atoms with Gasteiger partial charge in [0.05, 0.1) is 0 Å². The van der Waals surface area contributed by atoms with Crippen LogP contribution in [-0.2, 0) is 6.54 Å². The number of isothiocyanates is 1. The predicted molar refractivity (Wildman–Crippen MR) is 135 cm³/mol. The van der Waals surface area contributed by atoms with Gasteiger partial charge in [-0.2, -0.15) is 5.16 Å². The van der Waals surface area contributed by atoms with Gasteiger partial charge >= 0.3 is 0 Å². The molecule has 0 spiro atoms. The lowest BCUT2D eigenvalue weighted by atomic mass is 10.2. The molecule has 0 unspecified atom stereocenters. The van der Waals surface area contributed by atoms with E-state index in [4.69, 9.17) is 11.1 Å². The van der Waals surface area contributed by atoms with Crippen molar-refractivity contribution in [3.63, 3.8) is 0 Å². The molecule has 0 fully saturated rings. The third kappa shape index (κ3) is 4.46. The second-order valence-corrected chi connectivity index (χ2v) is 10.2. The molecule has 0 radical (unpaired) electrons. The second kappa shape index (κ2) is 10.7. The van der Waals surface area contributed by atoms with Gasteiger partial charge < -0.3 is 11.1 Å². The largest absolute Gasteiger partial charge is 0.753 e. The molecule has 0 aliphatic rings. The summed E-state index contributed by atoms with van der Waals surface area (Å²) in [6.45, 7) is 0.563. The van der Waals surface area contributed by atoms with Crippen molar-refractivity contribution in [3.05, 3.63) is 126 Å². The summed E-state index contributed by atoms with van der Waals surface area (Å²) in [4.78, 5) is 0. The molecule has 0 saturated heterocycles. The van der Waals surface area contributed by atoms with Gasteiger partial charge in [0.25, 0.3) is 0 Å². The Hall–Kier alpha value is -2.93. The van der Waals surface area contributed by atoms with Gasteiger partial charge in [-0.3, -0.25) is 0 Å². The van der Waals surface area contributed by atoms with E-state index in [9.17, 15) is 0 Å². The van der Waals surface area contributed by atoms with Crippen LogP contribution in [0.5, 0.6) is 0 Å². The molecule has 0 aliphatic heterocycles. The first-order valence-corrected chi connectivity index (χ1v) is 11.8. The van der Waals surface area contributed by atoms with Crippen LogP contribution in [0.15, 0.2) is 115 Å². The Balaban J connectivity index is 0.000000806. The van der Waals surface area contributed by atoms with E-state index < -0.39 is 7.26 Å². The molecule has 0 aromatic heterocycles. The zero-order valence-corrected chi connectivity index (χ0v) is 18.3. The number of nitrogens with two attached hydrogens (primary N) is 1. The summed E-state index contributed by atoms with van der Waals surface area (Å²) in [5.41, 5.74) is 7.01. The highest BCUT2D eigenvalue weighted by molar-refractivity contribution is 8.01. The highest BCUT2D eigenvalue weighted by Crippen LogP contribution is 2.54. The van der Waals surface area contributed by atoms with Crippen LogP contribution >= 0.6 is 19.5 Å². The molecule has 148 valence electrons. The van der Waals surface area contributed by atoms with Gasteiger partial charge in [0.15, 0.2) is 0 Å². The number of rotatable bonds is 5. The maximum Gasteiger partial charge on any atom is 0.144 e. The summed E-state index contributed by atoms with van der Waals surface area (Å²) in [5.74, 6) is 0. The van der Waals surface area contributed by atoms with E-state index in [-0.39, 0.29) is 0 Å². The Kier molecular flexibility index (Phi) is 7.79. The molecule has 0 bridgehead atoms. The third-order valence-corrected chi connectivity index (χ3v) is 9.28. The van der Waals surface area contributed by atoms with Crippen molar-refractivity contribution in [2.45, 2.75) is 6.54 Å². The predicted octanol–water partition coefficient (Wildman–Crippen LogP) is 4.42. The van der Waals surface area contributed by atoms with Gasteiger partial charge in [0, 0.05) is 6.54 Å². The zero-order valence-electron chi connectivity index (χ0n) is 16.6. The third-order valence-electron chi connectivity index (χ3n) is 4.99. The first kappa shape index (κ1) is 21.8. The Labute approximate surface area is 184 Å². The van der Waals surface area contributed by atoms with Crippen LogP contribution in [0.3, 0.4) is 0 Å². The lowest BCUT2D eigenvalue weighted by Crippen LogP contribution is -2.38. The minimum absolute atomic E-state index is 0.563. The van der Waals surface area contributed by atoms with Crippen molar-refractivity contribution >= 4 is 45.9 Å². The van der Waals surface area contributed by atoms with Gasteiger partial charge in [-0.25, -0.2) is 0 Å². The topological polar surface area (TPSA) is 48.3 Å². The standard InChI is InChI=1S/C25H23NP.CNS/c26-20-21-16-18-25(19-17-21)27(22-10-4-1-5-11-22,23-12-6-2-7-13-23)24-14-8-3-9-15-24;2-1-3/h1-19H,20,26H2;/q+1;-1. The molecule has 4 aromatic carbocycles. The summed E-state index contributed by atoms with van der Waals surface area (Å²) in [5, 5.41) is 13.9. The van der Waals surface area contributed by atoms with Gasteiger partial charge in [-0.05, 0) is 54.1 Å². The Morgan fingerprint density at radius 1 is 0.600 bits per heavy atom. The van der Waals surface area contributed by atoms with Crippen LogP contribution < -0.4 is 27.0 Å². The van der Waals surface area contributed by atoms with Crippen molar-refractivity contribution in [1.82, 2.24) is 0 Å². The molecule has 2 N–H and O–H groups in total. The minimum Gasteiger partial charge on any atom is -0.753 e. The molecular formula is C26H23N2PS. The van der Waals surface area contributed by atoms with Crippen LogP contribution in [0.1, 0.15) is 5.56 Å². The first-order valence-electron chi connectivity index (χ1n) is 9.64. The van der Waals surface area contributed by atoms with Crippen LogP contribution in [0.25, 0.3) is 5.41 Å². The summed E-state index contributed by atoms with van der Waals surface area (Å²) in [6.07, 6.45) is 0. The molecule has 0 atom stereocenters. The molecule has 4 aromatic rings. The van der Waals surface area contributed by atoms with Crippen LogP contribution in [0, 0.1) is 0 Å². The van der Waals surface area contributed by atoms with Crippen LogP contribution in [0.2, 0.25) is 0 Å². The summed E-state index contributed by atoms with van der Waals surface area (Å²) in [7, 11) is -1.98. The van der Waals surface area contributed by atoms with Gasteiger partial charge in [-0.15, -0.1) is 0 Å². The minimum atomic E-state index is -1.98. The maximum atomic E-state index is 7.13. The van der Waals surface area contributed by atoms with Gasteiger partial charge in [-0.1, -0.05) is 78.9 Å². The monoisotopic (exact) mass is 426 g/mol. The highest BCUT2D eigenvalue weighted by Gasteiger charge is 2.47. The fourth-order valence-electron chi connectivity index (χ4n) is 3.70. The SMILES string of the molecule is NCc1ccc([P+](c2ccccc2)(c2ccccc2)c2ccccc2)cc1.[N-]=C=S. The smallest absolute Gasteiger partial charge is 0.144 e. The van der Waals surface area contributed by atoms with E-state index in [0.29, 0.717) is 6.54 Å². The van der Waals surface area contributed by atoms with Crippen LogP contribution in [0.4, 0.5) is 0 Å². The fourth-order valence-corrected chi connectivity index (χ4v) is 7.95. The number of nitrogens with zero attached hydrogens (tertiary/aromatic N) is 1. The van der Waals surface area contributed by atoms with Gasteiger partial charge in [0.2, 0.25) is 0 Å². The molecule has 4 rings (SSSR count). The molecule has 4 heteroatoms. The van der Waals surface area contributed by atoms with Gasteiger partial charge in [0.1, 0.15) is 28.5 Å². The summed E-state index contributed by atoms with van der Waals surface area (Å²) >= 11 is 3.70. The number of hydrogen-bond donors (Lipinski definition) is 1. The maximum absolute atomic E-state index is 7.13. The Morgan fingerprint density at radius 3 is 1.20 bits per heavy atom. The molecular weight excluding hydrogens is 403 g/mol. The number of benzene rings is 4. The van der Waals surface area contributed by atoms with Crippen molar-refractivity contribution in [3.8, 4) is 0 Å². The lowest BCUT2D eigenvalue weighted by molar-refractivity contribution is 1.07. The van der Waals surface area contributed by atoms with Crippen molar-refractivity contribution in [1.29, 1.82) is 0 Å². The summed E-state index contributed by atoms with van der Waals surface area (Å²) in [6, 6.07) is 41.6. The fraction of sp³-hybridized carbons (Fsp3) is 0.0385. The number of thiocarbonyl (C=S) groups is 1.